The van der Waals surface area contributed by atoms with Gasteiger partial charge in [0.15, 0.2) is 11.8 Å². The molecule has 0 saturated carbocycles. The van der Waals surface area contributed by atoms with Gasteiger partial charge in [-0.2, -0.15) is 18.3 Å². The fourth-order valence-corrected chi connectivity index (χ4v) is 4.70. The molecule has 1 amide bonds. The van der Waals surface area contributed by atoms with Gasteiger partial charge in [-0.25, -0.2) is 9.50 Å². The first-order valence-electron chi connectivity index (χ1n) is 10.7. The predicted molar refractivity (Wildman–Crippen MR) is 110 cm³/mol. The zero-order chi connectivity index (χ0) is 22.5. The lowest BCUT2D eigenvalue weighted by molar-refractivity contribution is -0.146. The van der Waals surface area contributed by atoms with Gasteiger partial charge in [0, 0.05) is 30.8 Å². The standard InChI is InChI=1S/C23H23F3N4O2/c1-14-11-20-27-18(12-19(23(24,25)26)30(20)28-14)16-6-4-9-29(13-16)22(31)21-17-7-3-2-5-15(17)8-10-32-21/h2-3,5,7,11-12,16,21H,4,6,8-10,13H2,1H3/t16-,21+/m1/s1. The molecular weight excluding hydrogens is 421 g/mol. The number of ether oxygens (including phenoxy) is 1. The highest BCUT2D eigenvalue weighted by Crippen LogP contribution is 2.35. The summed E-state index contributed by atoms with van der Waals surface area (Å²) in [6, 6.07) is 10.4. The molecule has 4 heterocycles. The topological polar surface area (TPSA) is 59.7 Å². The molecule has 1 fully saturated rings. The van der Waals surface area contributed by atoms with E-state index < -0.39 is 18.0 Å². The zero-order valence-corrected chi connectivity index (χ0v) is 17.6. The molecule has 1 saturated heterocycles. The number of carbonyl (C=O) groups excluding carboxylic acids is 1. The number of piperidine rings is 1. The fraction of sp³-hybridized carbons (Fsp3) is 0.435. The van der Waals surface area contributed by atoms with Crippen molar-refractivity contribution in [3.63, 3.8) is 0 Å². The number of alkyl halides is 3. The van der Waals surface area contributed by atoms with Crippen LogP contribution in [0.25, 0.3) is 5.65 Å². The number of carbonyl (C=O) groups is 1. The normalized spacial score (nSPS) is 21.6. The highest BCUT2D eigenvalue weighted by atomic mass is 19.4. The summed E-state index contributed by atoms with van der Waals surface area (Å²) in [5, 5.41) is 3.94. The molecule has 3 aromatic rings. The molecular formula is C23H23F3N4O2. The van der Waals surface area contributed by atoms with Crippen LogP contribution in [-0.4, -0.2) is 45.1 Å². The Morgan fingerprint density at radius 2 is 2.03 bits per heavy atom. The Morgan fingerprint density at radius 1 is 1.22 bits per heavy atom. The molecule has 9 heteroatoms. The monoisotopic (exact) mass is 444 g/mol. The van der Waals surface area contributed by atoms with E-state index in [9.17, 15) is 18.0 Å². The van der Waals surface area contributed by atoms with E-state index in [-0.39, 0.29) is 17.5 Å². The average molecular weight is 444 g/mol. The molecule has 2 atom stereocenters. The van der Waals surface area contributed by atoms with Crippen LogP contribution in [0.5, 0.6) is 0 Å². The number of hydrogen-bond acceptors (Lipinski definition) is 4. The minimum atomic E-state index is -4.56. The number of aromatic nitrogens is 3. The summed E-state index contributed by atoms with van der Waals surface area (Å²) >= 11 is 0. The lowest BCUT2D eigenvalue weighted by Crippen LogP contribution is -2.43. The molecule has 2 aliphatic heterocycles. The zero-order valence-electron chi connectivity index (χ0n) is 17.6. The maximum Gasteiger partial charge on any atom is 0.433 e. The second-order valence-electron chi connectivity index (χ2n) is 8.44. The third kappa shape index (κ3) is 3.74. The van der Waals surface area contributed by atoms with Gasteiger partial charge in [-0.05, 0) is 43.4 Å². The van der Waals surface area contributed by atoms with Crippen LogP contribution >= 0.6 is 0 Å². The number of rotatable bonds is 2. The van der Waals surface area contributed by atoms with Gasteiger partial charge in [-0.1, -0.05) is 24.3 Å². The van der Waals surface area contributed by atoms with Crippen molar-refractivity contribution in [1.82, 2.24) is 19.5 Å². The summed E-state index contributed by atoms with van der Waals surface area (Å²) in [6.45, 7) is 2.97. The van der Waals surface area contributed by atoms with Crippen LogP contribution < -0.4 is 0 Å². The maximum absolute atomic E-state index is 13.7. The van der Waals surface area contributed by atoms with Crippen LogP contribution in [0, 0.1) is 6.92 Å². The lowest BCUT2D eigenvalue weighted by atomic mass is 9.92. The van der Waals surface area contributed by atoms with Crippen LogP contribution in [0.15, 0.2) is 36.4 Å². The van der Waals surface area contributed by atoms with Crippen molar-refractivity contribution in [1.29, 1.82) is 0 Å². The first-order chi connectivity index (χ1) is 15.3. The number of nitrogens with zero attached hydrogens (tertiary/aromatic N) is 4. The Kier molecular flexibility index (Phi) is 5.16. The van der Waals surface area contributed by atoms with E-state index in [1.165, 1.54) is 6.07 Å². The number of halogens is 3. The van der Waals surface area contributed by atoms with Crippen LogP contribution in [0.2, 0.25) is 0 Å². The molecule has 2 aliphatic rings. The number of fused-ring (bicyclic) bond motifs is 2. The van der Waals surface area contributed by atoms with E-state index in [0.717, 1.165) is 28.1 Å². The third-order valence-electron chi connectivity index (χ3n) is 6.23. The van der Waals surface area contributed by atoms with E-state index in [2.05, 4.69) is 10.1 Å². The molecule has 0 radical (unpaired) electrons. The SMILES string of the molecule is Cc1cc2nc([C@@H]3CCCN(C(=O)[C@H]4OCCc5ccccc54)C3)cc(C(F)(F)F)n2n1. The molecule has 0 spiro atoms. The Morgan fingerprint density at radius 3 is 2.84 bits per heavy atom. The fourth-order valence-electron chi connectivity index (χ4n) is 4.70. The molecule has 5 rings (SSSR count). The average Bonchev–Trinajstić information content (AvgIpc) is 3.17. The summed E-state index contributed by atoms with van der Waals surface area (Å²) in [6.07, 6.45) is -3.11. The molecule has 1 aromatic carbocycles. The minimum Gasteiger partial charge on any atom is -0.363 e. The molecule has 32 heavy (non-hydrogen) atoms. The van der Waals surface area contributed by atoms with Crippen molar-refractivity contribution in [3.05, 3.63) is 64.6 Å². The van der Waals surface area contributed by atoms with Crippen molar-refractivity contribution in [2.24, 2.45) is 0 Å². The van der Waals surface area contributed by atoms with E-state index >= 15 is 0 Å². The van der Waals surface area contributed by atoms with Gasteiger partial charge in [-0.3, -0.25) is 4.79 Å². The Hall–Kier alpha value is -2.94. The van der Waals surface area contributed by atoms with Crippen LogP contribution in [0.1, 0.15) is 53.1 Å². The number of aryl methyl sites for hydroxylation is 1. The Bertz CT molecular complexity index is 1170. The minimum absolute atomic E-state index is 0.140. The number of likely N-dealkylation sites (tertiary alicyclic amines) is 1. The largest absolute Gasteiger partial charge is 0.433 e. The predicted octanol–water partition coefficient (Wildman–Crippen LogP) is 4.08. The first kappa shape index (κ1) is 20.9. The van der Waals surface area contributed by atoms with Crippen LogP contribution in [0.4, 0.5) is 13.2 Å². The van der Waals surface area contributed by atoms with Gasteiger partial charge >= 0.3 is 6.18 Å². The van der Waals surface area contributed by atoms with E-state index in [4.69, 9.17) is 4.74 Å². The van der Waals surface area contributed by atoms with Crippen molar-refractivity contribution in [2.75, 3.05) is 19.7 Å². The quantitative estimate of drug-likeness (QED) is 0.598. The van der Waals surface area contributed by atoms with E-state index in [1.807, 2.05) is 24.3 Å². The highest BCUT2D eigenvalue weighted by molar-refractivity contribution is 5.83. The van der Waals surface area contributed by atoms with Gasteiger partial charge in [-0.15, -0.1) is 0 Å². The Labute approximate surface area is 183 Å². The summed E-state index contributed by atoms with van der Waals surface area (Å²) in [7, 11) is 0. The maximum atomic E-state index is 13.7. The summed E-state index contributed by atoms with van der Waals surface area (Å²) in [5.41, 5.74) is 2.10. The van der Waals surface area contributed by atoms with Gasteiger partial charge in [0.05, 0.1) is 12.3 Å². The second-order valence-corrected chi connectivity index (χ2v) is 8.44. The Balaban J connectivity index is 1.44. The van der Waals surface area contributed by atoms with Gasteiger partial charge < -0.3 is 9.64 Å². The molecule has 6 nitrogen and oxygen atoms in total. The third-order valence-corrected chi connectivity index (χ3v) is 6.23. The number of benzene rings is 1. The number of hydrogen-bond donors (Lipinski definition) is 0. The summed E-state index contributed by atoms with van der Waals surface area (Å²) < 4.78 is 47.7. The molecule has 0 bridgehead atoms. The van der Waals surface area contributed by atoms with Gasteiger partial charge in [0.1, 0.15) is 5.69 Å². The van der Waals surface area contributed by atoms with Gasteiger partial charge in [0.25, 0.3) is 5.91 Å². The van der Waals surface area contributed by atoms with Gasteiger partial charge in [0.2, 0.25) is 0 Å². The molecule has 0 aliphatic carbocycles. The molecule has 0 N–H and O–H groups in total. The van der Waals surface area contributed by atoms with Crippen molar-refractivity contribution < 1.29 is 22.7 Å². The molecule has 0 unspecified atom stereocenters. The van der Waals surface area contributed by atoms with Crippen LogP contribution in [-0.2, 0) is 22.1 Å². The van der Waals surface area contributed by atoms with E-state index in [0.29, 0.717) is 43.9 Å². The second kappa shape index (κ2) is 7.88. The summed E-state index contributed by atoms with van der Waals surface area (Å²) in [4.78, 5) is 19.5. The first-order valence-corrected chi connectivity index (χ1v) is 10.7. The number of amides is 1. The van der Waals surface area contributed by atoms with E-state index in [1.54, 1.807) is 11.8 Å². The smallest absolute Gasteiger partial charge is 0.363 e. The van der Waals surface area contributed by atoms with Crippen molar-refractivity contribution in [2.45, 2.75) is 44.4 Å². The highest BCUT2D eigenvalue weighted by Gasteiger charge is 2.38. The van der Waals surface area contributed by atoms with Crippen molar-refractivity contribution >= 4 is 11.6 Å². The van der Waals surface area contributed by atoms with Crippen molar-refractivity contribution in [3.8, 4) is 0 Å². The van der Waals surface area contributed by atoms with Crippen LogP contribution in [0.3, 0.4) is 0 Å². The summed E-state index contributed by atoms with van der Waals surface area (Å²) in [5.74, 6) is -0.424. The molecule has 2 aromatic heterocycles. The molecule has 168 valence electrons. The lowest BCUT2D eigenvalue weighted by Gasteiger charge is -2.36.